The van der Waals surface area contributed by atoms with Crippen LogP contribution >= 0.6 is 15.9 Å². The molecule has 0 bridgehead atoms. The van der Waals surface area contributed by atoms with Crippen LogP contribution in [0.4, 0.5) is 4.79 Å². The first-order valence-corrected chi connectivity index (χ1v) is 10.8. The van der Waals surface area contributed by atoms with Gasteiger partial charge in [-0.25, -0.2) is 9.48 Å². The van der Waals surface area contributed by atoms with Crippen molar-refractivity contribution in [3.05, 3.63) is 16.6 Å². The summed E-state index contributed by atoms with van der Waals surface area (Å²) in [7, 11) is 0. The number of amides is 1. The molecular weight excluding hydrogens is 440 g/mol. The molecule has 0 spiro atoms. The monoisotopic (exact) mass is 466 g/mol. The van der Waals surface area contributed by atoms with Crippen molar-refractivity contribution in [3.8, 4) is 5.75 Å². The standard InChI is InChI=1S/C20H27BrN4O4/c1-20(2,3)29-19(27)24-9-8-14(26)16(11-24)28-15-7-6-13-18(17(15)21)22-23-25(13)10-12-4-5-12/h6-7,12,14,16,26H,4-5,8-11H2,1-3H3. The van der Waals surface area contributed by atoms with Crippen LogP contribution in [0.5, 0.6) is 5.75 Å². The van der Waals surface area contributed by atoms with Crippen molar-refractivity contribution in [1.82, 2.24) is 19.9 Å². The van der Waals surface area contributed by atoms with Crippen molar-refractivity contribution in [2.75, 3.05) is 13.1 Å². The number of carbonyl (C=O) groups is 1. The summed E-state index contributed by atoms with van der Waals surface area (Å²) >= 11 is 3.58. The number of aromatic nitrogens is 3. The quantitative estimate of drug-likeness (QED) is 0.742. The topological polar surface area (TPSA) is 89.7 Å². The number of aliphatic hydroxyl groups is 1. The van der Waals surface area contributed by atoms with Crippen LogP contribution in [0.3, 0.4) is 0 Å². The largest absolute Gasteiger partial charge is 0.485 e. The van der Waals surface area contributed by atoms with Crippen molar-refractivity contribution in [2.45, 2.75) is 64.4 Å². The number of likely N-dealkylation sites (tertiary alicyclic amines) is 1. The Bertz CT molecular complexity index is 906. The molecule has 8 nitrogen and oxygen atoms in total. The minimum atomic E-state index is -0.665. The molecule has 1 amide bonds. The van der Waals surface area contributed by atoms with E-state index in [1.165, 1.54) is 12.8 Å². The maximum Gasteiger partial charge on any atom is 0.410 e. The Morgan fingerprint density at radius 3 is 2.76 bits per heavy atom. The fourth-order valence-corrected chi connectivity index (χ4v) is 3.94. The Morgan fingerprint density at radius 2 is 2.07 bits per heavy atom. The number of benzene rings is 1. The highest BCUT2D eigenvalue weighted by Crippen LogP contribution is 2.35. The van der Waals surface area contributed by atoms with E-state index in [1.807, 2.05) is 37.6 Å². The molecule has 158 valence electrons. The van der Waals surface area contributed by atoms with Gasteiger partial charge in [0.2, 0.25) is 0 Å². The lowest BCUT2D eigenvalue weighted by atomic mass is 10.1. The fraction of sp³-hybridized carbons (Fsp3) is 0.650. The molecule has 1 aromatic heterocycles. The highest BCUT2D eigenvalue weighted by molar-refractivity contribution is 9.10. The third kappa shape index (κ3) is 4.66. The van der Waals surface area contributed by atoms with Crippen molar-refractivity contribution in [3.63, 3.8) is 0 Å². The van der Waals surface area contributed by atoms with E-state index in [9.17, 15) is 9.90 Å². The van der Waals surface area contributed by atoms with Crippen molar-refractivity contribution in [1.29, 1.82) is 0 Å². The second-order valence-corrected chi connectivity index (χ2v) is 9.69. The van der Waals surface area contributed by atoms with Gasteiger partial charge in [0.05, 0.1) is 22.6 Å². The van der Waals surface area contributed by atoms with Crippen LogP contribution < -0.4 is 4.74 Å². The molecule has 29 heavy (non-hydrogen) atoms. The van der Waals surface area contributed by atoms with Crippen molar-refractivity contribution >= 4 is 33.1 Å². The van der Waals surface area contributed by atoms with Gasteiger partial charge in [0.1, 0.15) is 23.0 Å². The number of fused-ring (bicyclic) bond motifs is 1. The van der Waals surface area contributed by atoms with Gasteiger partial charge in [0.15, 0.2) is 0 Å². The third-order valence-corrected chi connectivity index (χ3v) is 5.94. The first kappa shape index (κ1) is 20.4. The molecule has 1 aliphatic carbocycles. The number of hydrogen-bond acceptors (Lipinski definition) is 6. The van der Waals surface area contributed by atoms with Crippen molar-refractivity contribution in [2.24, 2.45) is 5.92 Å². The summed E-state index contributed by atoms with van der Waals surface area (Å²) in [6.07, 6.45) is 1.32. The number of hydrogen-bond donors (Lipinski definition) is 1. The smallest absolute Gasteiger partial charge is 0.410 e. The lowest BCUT2D eigenvalue weighted by Crippen LogP contribution is -2.52. The Balaban J connectivity index is 1.49. The van der Waals surface area contributed by atoms with E-state index in [0.717, 1.165) is 17.6 Å². The predicted molar refractivity (Wildman–Crippen MR) is 111 cm³/mol. The summed E-state index contributed by atoms with van der Waals surface area (Å²) in [6.45, 7) is 7.08. The van der Waals surface area contributed by atoms with E-state index in [2.05, 4.69) is 26.2 Å². The van der Waals surface area contributed by atoms with E-state index in [4.69, 9.17) is 9.47 Å². The van der Waals surface area contributed by atoms with Crippen LogP contribution in [0.15, 0.2) is 16.6 Å². The second kappa shape index (κ2) is 7.75. The van der Waals surface area contributed by atoms with Crippen LogP contribution in [-0.2, 0) is 11.3 Å². The maximum absolute atomic E-state index is 12.4. The number of carbonyl (C=O) groups excluding carboxylic acids is 1. The van der Waals surface area contributed by atoms with Gasteiger partial charge < -0.3 is 19.5 Å². The van der Waals surface area contributed by atoms with Crippen LogP contribution in [0, 0.1) is 5.92 Å². The fourth-order valence-electron chi connectivity index (χ4n) is 3.43. The van der Waals surface area contributed by atoms with Crippen LogP contribution in [0.1, 0.15) is 40.0 Å². The summed E-state index contributed by atoms with van der Waals surface area (Å²) in [5, 5.41) is 19.0. The minimum Gasteiger partial charge on any atom is -0.485 e. The number of halogens is 1. The molecule has 9 heteroatoms. The molecule has 2 heterocycles. The minimum absolute atomic E-state index is 0.259. The van der Waals surface area contributed by atoms with Gasteiger partial charge in [-0.05, 0) is 74.0 Å². The van der Waals surface area contributed by atoms with E-state index in [-0.39, 0.29) is 6.54 Å². The van der Waals surface area contributed by atoms with Gasteiger partial charge in [0, 0.05) is 13.1 Å². The summed E-state index contributed by atoms with van der Waals surface area (Å²) in [6, 6.07) is 3.80. The molecular formula is C20H27BrN4O4. The van der Waals surface area contributed by atoms with Gasteiger partial charge in [-0.15, -0.1) is 5.10 Å². The molecule has 4 rings (SSSR count). The van der Waals surface area contributed by atoms with E-state index >= 15 is 0 Å². The van der Waals surface area contributed by atoms with Crippen LogP contribution in [0.2, 0.25) is 0 Å². The first-order valence-electron chi connectivity index (χ1n) is 10.1. The summed E-state index contributed by atoms with van der Waals surface area (Å²) in [4.78, 5) is 14.0. The number of nitrogens with zero attached hydrogens (tertiary/aromatic N) is 4. The van der Waals surface area contributed by atoms with E-state index < -0.39 is 23.9 Å². The molecule has 2 fully saturated rings. The molecule has 1 aromatic carbocycles. The Kier molecular flexibility index (Phi) is 5.46. The highest BCUT2D eigenvalue weighted by Gasteiger charge is 2.34. The summed E-state index contributed by atoms with van der Waals surface area (Å²) < 4.78 is 14.2. The van der Waals surface area contributed by atoms with Crippen LogP contribution in [0.25, 0.3) is 11.0 Å². The highest BCUT2D eigenvalue weighted by atomic mass is 79.9. The average Bonchev–Trinajstić information content (AvgIpc) is 3.36. The maximum atomic E-state index is 12.4. The Hall–Kier alpha value is -1.87. The Labute approximate surface area is 178 Å². The van der Waals surface area contributed by atoms with Gasteiger partial charge in [-0.3, -0.25) is 0 Å². The molecule has 2 aromatic rings. The molecule has 1 saturated carbocycles. The average molecular weight is 467 g/mol. The summed E-state index contributed by atoms with van der Waals surface area (Å²) in [5.41, 5.74) is 1.12. The number of rotatable bonds is 4. The lowest BCUT2D eigenvalue weighted by molar-refractivity contribution is -0.0367. The second-order valence-electron chi connectivity index (χ2n) is 8.90. The molecule has 1 saturated heterocycles. The Morgan fingerprint density at radius 1 is 1.31 bits per heavy atom. The number of ether oxygens (including phenoxy) is 2. The zero-order chi connectivity index (χ0) is 20.8. The predicted octanol–water partition coefficient (Wildman–Crippen LogP) is 3.35. The van der Waals surface area contributed by atoms with Gasteiger partial charge >= 0.3 is 6.09 Å². The van der Waals surface area contributed by atoms with E-state index in [1.54, 1.807) is 4.90 Å². The number of piperidine rings is 1. The molecule has 1 aliphatic heterocycles. The van der Waals surface area contributed by atoms with E-state index in [0.29, 0.717) is 29.1 Å². The molecule has 0 radical (unpaired) electrons. The molecule has 2 aliphatic rings. The zero-order valence-electron chi connectivity index (χ0n) is 17.0. The summed E-state index contributed by atoms with van der Waals surface area (Å²) in [5.74, 6) is 1.27. The van der Waals surface area contributed by atoms with Crippen molar-refractivity contribution < 1.29 is 19.4 Å². The normalized spacial score (nSPS) is 22.7. The lowest BCUT2D eigenvalue weighted by Gasteiger charge is -2.36. The zero-order valence-corrected chi connectivity index (χ0v) is 18.6. The van der Waals surface area contributed by atoms with Gasteiger partial charge in [0.25, 0.3) is 0 Å². The number of aliphatic hydroxyl groups excluding tert-OH is 1. The molecule has 2 atom stereocenters. The third-order valence-electron chi connectivity index (χ3n) is 5.17. The molecule has 2 unspecified atom stereocenters. The van der Waals surface area contributed by atoms with Crippen LogP contribution in [-0.4, -0.2) is 62.0 Å². The van der Waals surface area contributed by atoms with Gasteiger partial charge in [-0.1, -0.05) is 5.21 Å². The van der Waals surface area contributed by atoms with Gasteiger partial charge in [-0.2, -0.15) is 0 Å². The SMILES string of the molecule is CC(C)(C)OC(=O)N1CCC(O)C(Oc2ccc3c(nnn3CC3CC3)c2Br)C1. The molecule has 1 N–H and O–H groups in total. The first-order chi connectivity index (χ1) is 13.7.